The molecular formula is C24H25NO2. The van der Waals surface area contributed by atoms with E-state index in [9.17, 15) is 0 Å². The van der Waals surface area contributed by atoms with Gasteiger partial charge in [0.1, 0.15) is 17.3 Å². The summed E-state index contributed by atoms with van der Waals surface area (Å²) in [7, 11) is 1.70. The number of nitrogens with one attached hydrogen (secondary N) is 1. The van der Waals surface area contributed by atoms with Crippen molar-refractivity contribution in [3.8, 4) is 22.6 Å². The van der Waals surface area contributed by atoms with Gasteiger partial charge in [-0.2, -0.15) is 0 Å². The number of methoxy groups -OCH3 is 1. The van der Waals surface area contributed by atoms with Gasteiger partial charge in [-0.15, -0.1) is 6.58 Å². The Hall–Kier alpha value is -2.94. The third kappa shape index (κ3) is 2.84. The van der Waals surface area contributed by atoms with Crippen molar-refractivity contribution < 1.29 is 9.47 Å². The fraction of sp³-hybridized carbons (Fsp3) is 0.250. The maximum atomic E-state index is 6.35. The van der Waals surface area contributed by atoms with Gasteiger partial charge in [0.2, 0.25) is 0 Å². The quantitative estimate of drug-likeness (QED) is 0.654. The third-order valence-electron chi connectivity index (χ3n) is 5.05. The second kappa shape index (κ2) is 6.34. The highest BCUT2D eigenvalue weighted by molar-refractivity contribution is 5.98. The van der Waals surface area contributed by atoms with Gasteiger partial charge in [-0.1, -0.05) is 24.3 Å². The Morgan fingerprint density at radius 1 is 1.15 bits per heavy atom. The highest BCUT2D eigenvalue weighted by Crippen LogP contribution is 2.51. The summed E-state index contributed by atoms with van der Waals surface area (Å²) >= 11 is 0. The van der Waals surface area contributed by atoms with Gasteiger partial charge < -0.3 is 14.8 Å². The van der Waals surface area contributed by atoms with Crippen LogP contribution in [-0.4, -0.2) is 12.6 Å². The van der Waals surface area contributed by atoms with Crippen LogP contribution in [-0.2, 0) is 0 Å². The smallest absolute Gasteiger partial charge is 0.139 e. The van der Waals surface area contributed by atoms with E-state index in [1.165, 1.54) is 11.1 Å². The van der Waals surface area contributed by atoms with Crippen molar-refractivity contribution >= 4 is 17.0 Å². The van der Waals surface area contributed by atoms with Gasteiger partial charge >= 0.3 is 0 Å². The molecule has 0 bridgehead atoms. The minimum Gasteiger partial charge on any atom is -0.496 e. The summed E-state index contributed by atoms with van der Waals surface area (Å²) in [5.41, 5.74) is 6.74. The Morgan fingerprint density at radius 3 is 2.70 bits per heavy atom. The van der Waals surface area contributed by atoms with Crippen molar-refractivity contribution in [3.63, 3.8) is 0 Å². The van der Waals surface area contributed by atoms with E-state index >= 15 is 0 Å². The van der Waals surface area contributed by atoms with E-state index in [1.54, 1.807) is 7.11 Å². The lowest BCUT2D eigenvalue weighted by molar-refractivity contribution is 0.412. The zero-order chi connectivity index (χ0) is 19.2. The van der Waals surface area contributed by atoms with Crippen LogP contribution in [0.4, 0.5) is 5.69 Å². The average Bonchev–Trinajstić information content (AvgIpc) is 2.63. The van der Waals surface area contributed by atoms with Crippen molar-refractivity contribution in [2.45, 2.75) is 32.7 Å². The van der Waals surface area contributed by atoms with Crippen LogP contribution in [0.2, 0.25) is 0 Å². The molecule has 3 nitrogen and oxygen atoms in total. The van der Waals surface area contributed by atoms with Crippen molar-refractivity contribution in [2.75, 3.05) is 12.4 Å². The predicted molar refractivity (Wildman–Crippen MR) is 113 cm³/mol. The molecule has 2 aromatic rings. The van der Waals surface area contributed by atoms with Gasteiger partial charge in [-0.25, -0.2) is 0 Å². The van der Waals surface area contributed by atoms with Gasteiger partial charge in [0.05, 0.1) is 18.2 Å². The minimum atomic E-state index is -0.0819. The van der Waals surface area contributed by atoms with Crippen molar-refractivity contribution in [1.29, 1.82) is 0 Å². The maximum Gasteiger partial charge on any atom is 0.139 e. The molecule has 3 heteroatoms. The van der Waals surface area contributed by atoms with Crippen LogP contribution in [0.15, 0.2) is 55.1 Å². The lowest BCUT2D eigenvalue weighted by atomic mass is 9.83. The number of ether oxygens (including phenoxy) is 2. The summed E-state index contributed by atoms with van der Waals surface area (Å²) in [6.45, 7) is 10.4. The Morgan fingerprint density at radius 2 is 1.96 bits per heavy atom. The molecule has 0 spiro atoms. The van der Waals surface area contributed by atoms with Crippen LogP contribution >= 0.6 is 0 Å². The van der Waals surface area contributed by atoms with Crippen LogP contribution < -0.4 is 14.8 Å². The summed E-state index contributed by atoms with van der Waals surface area (Å²) in [4.78, 5) is 0. The summed E-state index contributed by atoms with van der Waals surface area (Å²) in [5.74, 6) is 2.52. The molecule has 2 aromatic carbocycles. The Balaban J connectivity index is 2.05. The summed E-state index contributed by atoms with van der Waals surface area (Å²) in [6.07, 6.45) is 7.01. The summed E-state index contributed by atoms with van der Waals surface area (Å²) < 4.78 is 12.0. The van der Waals surface area contributed by atoms with E-state index in [4.69, 9.17) is 9.47 Å². The van der Waals surface area contributed by atoms with E-state index < -0.39 is 0 Å². The topological polar surface area (TPSA) is 30.5 Å². The number of anilines is 1. The first-order valence-corrected chi connectivity index (χ1v) is 9.27. The van der Waals surface area contributed by atoms with Crippen molar-refractivity contribution in [3.05, 3.63) is 66.3 Å². The van der Waals surface area contributed by atoms with E-state index in [-0.39, 0.29) is 5.54 Å². The fourth-order valence-corrected chi connectivity index (χ4v) is 4.11. The molecule has 27 heavy (non-hydrogen) atoms. The molecule has 0 radical (unpaired) electrons. The summed E-state index contributed by atoms with van der Waals surface area (Å²) in [6, 6.07) is 10.3. The molecule has 0 fully saturated rings. The first kappa shape index (κ1) is 17.5. The van der Waals surface area contributed by atoms with Gasteiger partial charge in [-0.05, 0) is 57.0 Å². The number of allylic oxidation sites excluding steroid dienone is 3. The first-order valence-electron chi connectivity index (χ1n) is 9.27. The molecule has 0 saturated carbocycles. The minimum absolute atomic E-state index is 0.0819. The fourth-order valence-electron chi connectivity index (χ4n) is 4.11. The molecule has 0 saturated heterocycles. The van der Waals surface area contributed by atoms with E-state index in [1.807, 2.05) is 24.3 Å². The molecule has 2 heterocycles. The normalized spacial score (nSPS) is 17.6. The van der Waals surface area contributed by atoms with Crippen molar-refractivity contribution in [1.82, 2.24) is 0 Å². The number of hydrogen-bond acceptors (Lipinski definition) is 3. The SMILES string of the molecule is C=CC/C=C1\Oc2cccc(OC)c2-c2ccc3c(c21)C(C)=CC(C)(C)N3. The molecule has 0 unspecified atom stereocenters. The van der Waals surface area contributed by atoms with E-state index in [2.05, 4.69) is 57.0 Å². The van der Waals surface area contributed by atoms with Crippen LogP contribution in [0.5, 0.6) is 11.5 Å². The monoisotopic (exact) mass is 359 g/mol. The van der Waals surface area contributed by atoms with Gasteiger partial charge in [0, 0.05) is 22.4 Å². The number of rotatable bonds is 3. The van der Waals surface area contributed by atoms with Crippen LogP contribution in [0, 0.1) is 0 Å². The second-order valence-electron chi connectivity index (χ2n) is 7.61. The molecule has 2 aliphatic rings. The summed E-state index contributed by atoms with van der Waals surface area (Å²) in [5, 5.41) is 3.64. The number of fused-ring (bicyclic) bond motifs is 5. The molecule has 0 aromatic heterocycles. The molecule has 0 amide bonds. The molecule has 138 valence electrons. The lowest BCUT2D eigenvalue weighted by Gasteiger charge is -2.35. The highest BCUT2D eigenvalue weighted by Gasteiger charge is 2.32. The Bertz CT molecular complexity index is 996. The molecule has 2 aliphatic heterocycles. The van der Waals surface area contributed by atoms with E-state index in [0.717, 1.165) is 46.1 Å². The number of benzene rings is 2. The molecule has 0 atom stereocenters. The van der Waals surface area contributed by atoms with Gasteiger partial charge in [0.25, 0.3) is 0 Å². The molecular weight excluding hydrogens is 334 g/mol. The first-order chi connectivity index (χ1) is 12.9. The highest BCUT2D eigenvalue weighted by atomic mass is 16.5. The standard InChI is InChI=1S/C24H25NO2/c1-6-7-9-20-23-16(22-18(26-5)10-8-11-19(22)27-20)12-13-17-21(23)15(2)14-24(3,4)25-17/h6,8-14,25H,1,7H2,2-5H3/b20-9-. The zero-order valence-corrected chi connectivity index (χ0v) is 16.3. The van der Waals surface area contributed by atoms with Gasteiger partial charge in [-0.3, -0.25) is 0 Å². The van der Waals surface area contributed by atoms with Gasteiger partial charge in [0.15, 0.2) is 0 Å². The zero-order valence-electron chi connectivity index (χ0n) is 16.3. The Kier molecular flexibility index (Phi) is 4.11. The molecule has 4 rings (SSSR count). The largest absolute Gasteiger partial charge is 0.496 e. The predicted octanol–water partition coefficient (Wildman–Crippen LogP) is 6.28. The molecule has 0 aliphatic carbocycles. The maximum absolute atomic E-state index is 6.35. The average molecular weight is 359 g/mol. The third-order valence-corrected chi connectivity index (χ3v) is 5.05. The van der Waals surface area contributed by atoms with E-state index in [0.29, 0.717) is 0 Å². The number of hydrogen-bond donors (Lipinski definition) is 1. The van der Waals surface area contributed by atoms with Crippen LogP contribution in [0.3, 0.4) is 0 Å². The molecule has 1 N–H and O–H groups in total. The van der Waals surface area contributed by atoms with Crippen molar-refractivity contribution in [2.24, 2.45) is 0 Å². The second-order valence-corrected chi connectivity index (χ2v) is 7.61. The van der Waals surface area contributed by atoms with Crippen LogP contribution in [0.25, 0.3) is 22.5 Å². The Labute approximate surface area is 161 Å². The lowest BCUT2D eigenvalue weighted by Crippen LogP contribution is -2.32. The van der Waals surface area contributed by atoms with Crippen LogP contribution in [0.1, 0.15) is 38.3 Å².